The number of hydrogen-bond donors (Lipinski definition) is 4. The minimum Gasteiger partial charge on any atom is -0.346 e. The van der Waals surface area contributed by atoms with Crippen LogP contribution in [0.2, 0.25) is 0 Å². The summed E-state index contributed by atoms with van der Waals surface area (Å²) in [4.78, 5) is 97.4. The van der Waals surface area contributed by atoms with E-state index >= 15 is 0 Å². The standard InChI is InChI=1S/C41H66N6O7/c1-10-12-18-29(35(50)37(52)42-19-11-2)43-36(51)30-21-27(20-26(3)4)24-46(30)38(53)34(28-16-14-13-15-17-28)45-39(54)44-31(40(5,6)7)25-47-32(48)22-41(8,9)23-33(47)49/h11,20,27-31,34H,2,10,12-19,21-25H2,1,3-9H3,(H,42,52)(H,43,51)(H2,44,45,54)/t27?,29?,30-,31+,34-/m0/s1. The monoisotopic (exact) mass is 754 g/mol. The van der Waals surface area contributed by atoms with Crippen LogP contribution in [-0.4, -0.2) is 95.0 Å². The van der Waals surface area contributed by atoms with Gasteiger partial charge in [0.2, 0.25) is 29.4 Å². The Labute approximate surface area is 322 Å². The van der Waals surface area contributed by atoms with Crippen molar-refractivity contribution in [2.45, 2.75) is 150 Å². The third-order valence-corrected chi connectivity index (χ3v) is 10.8. The molecule has 54 heavy (non-hydrogen) atoms. The SMILES string of the molecule is C=CCNC(=O)C(=O)C(CCCC)NC(=O)[C@@H]1CC(C=C(C)C)CN1C(=O)[C@@H](NC(=O)N[C@H](CN1C(=O)CC(C)(C)CC1=O)C(C)(C)C)C1CCCCC1. The predicted molar refractivity (Wildman–Crippen MR) is 208 cm³/mol. The van der Waals surface area contributed by atoms with Crippen LogP contribution >= 0.6 is 0 Å². The molecule has 0 aromatic carbocycles. The van der Waals surface area contributed by atoms with Crippen molar-refractivity contribution in [1.29, 1.82) is 0 Å². The summed E-state index contributed by atoms with van der Waals surface area (Å²) in [5, 5.41) is 11.3. The second-order valence-electron chi connectivity index (χ2n) is 17.6. The van der Waals surface area contributed by atoms with Crippen LogP contribution < -0.4 is 21.3 Å². The van der Waals surface area contributed by atoms with Gasteiger partial charge in [-0.25, -0.2) is 4.79 Å². The van der Waals surface area contributed by atoms with Crippen molar-refractivity contribution in [3.05, 3.63) is 24.3 Å². The molecule has 0 aromatic heterocycles. The zero-order chi connectivity index (χ0) is 40.4. The summed E-state index contributed by atoms with van der Waals surface area (Å²) in [6.07, 6.45) is 10.2. The number of allylic oxidation sites excluding steroid dienone is 1. The zero-order valence-corrected chi connectivity index (χ0v) is 34.0. The summed E-state index contributed by atoms with van der Waals surface area (Å²) in [7, 11) is 0. The summed E-state index contributed by atoms with van der Waals surface area (Å²) in [5.74, 6) is -3.31. The first-order valence-electron chi connectivity index (χ1n) is 19.9. The Morgan fingerprint density at radius 3 is 2.15 bits per heavy atom. The number of nitrogens with one attached hydrogen (secondary N) is 4. The van der Waals surface area contributed by atoms with E-state index in [1.165, 1.54) is 15.9 Å². The minimum absolute atomic E-state index is 0.00892. The molecular weight excluding hydrogens is 688 g/mol. The molecule has 2 unspecified atom stereocenters. The van der Waals surface area contributed by atoms with E-state index in [0.29, 0.717) is 12.8 Å². The molecule has 3 aliphatic rings. The normalized spacial score (nSPS) is 22.1. The van der Waals surface area contributed by atoms with Gasteiger partial charge in [-0.3, -0.25) is 33.7 Å². The fourth-order valence-electron chi connectivity index (χ4n) is 7.81. The Kier molecular flexibility index (Phi) is 16.0. The highest BCUT2D eigenvalue weighted by Gasteiger charge is 2.45. The Morgan fingerprint density at radius 1 is 0.963 bits per heavy atom. The van der Waals surface area contributed by atoms with Gasteiger partial charge in [0.15, 0.2) is 0 Å². The molecule has 0 spiro atoms. The van der Waals surface area contributed by atoms with Crippen LogP contribution in [-0.2, 0) is 28.8 Å². The van der Waals surface area contributed by atoms with Crippen molar-refractivity contribution < 1.29 is 33.6 Å². The summed E-state index contributed by atoms with van der Waals surface area (Å²) in [5.41, 5.74) is 0.0626. The maximum Gasteiger partial charge on any atom is 0.315 e. The summed E-state index contributed by atoms with van der Waals surface area (Å²) < 4.78 is 0. The molecule has 13 nitrogen and oxygen atoms in total. The number of unbranched alkanes of at least 4 members (excludes halogenated alkanes) is 1. The second kappa shape index (κ2) is 19.5. The lowest BCUT2D eigenvalue weighted by atomic mass is 9.80. The first-order chi connectivity index (χ1) is 25.3. The molecule has 0 bridgehead atoms. The number of rotatable bonds is 16. The number of carbonyl (C=O) groups is 7. The molecule has 2 saturated heterocycles. The van der Waals surface area contributed by atoms with Gasteiger partial charge in [0.05, 0.1) is 12.1 Å². The van der Waals surface area contributed by atoms with E-state index in [-0.39, 0.29) is 68.5 Å². The third-order valence-electron chi connectivity index (χ3n) is 10.8. The molecular formula is C41H66N6O7. The molecule has 7 amide bonds. The number of hydrogen-bond acceptors (Lipinski definition) is 7. The molecule has 302 valence electrons. The first kappa shape index (κ1) is 44.4. The Balaban J connectivity index is 1.89. The molecule has 1 saturated carbocycles. The minimum atomic E-state index is -1.06. The Hall–Kier alpha value is -4.03. The number of nitrogens with zero attached hydrogens (tertiary/aromatic N) is 2. The number of ketones is 1. The van der Waals surface area contributed by atoms with Crippen molar-refractivity contribution in [2.75, 3.05) is 19.6 Å². The number of urea groups is 1. The van der Waals surface area contributed by atoms with Gasteiger partial charge in [-0.15, -0.1) is 6.58 Å². The van der Waals surface area contributed by atoms with Gasteiger partial charge in [0.1, 0.15) is 12.1 Å². The summed E-state index contributed by atoms with van der Waals surface area (Å²) >= 11 is 0. The lowest BCUT2D eigenvalue weighted by Crippen LogP contribution is -2.61. The van der Waals surface area contributed by atoms with E-state index in [0.717, 1.165) is 44.1 Å². The second-order valence-corrected chi connectivity index (χ2v) is 17.6. The molecule has 1 aliphatic carbocycles. The average Bonchev–Trinajstić information content (AvgIpc) is 3.51. The zero-order valence-electron chi connectivity index (χ0n) is 34.0. The molecule has 2 heterocycles. The van der Waals surface area contributed by atoms with Crippen LogP contribution in [0.3, 0.4) is 0 Å². The van der Waals surface area contributed by atoms with E-state index in [4.69, 9.17) is 0 Å². The highest BCUT2D eigenvalue weighted by molar-refractivity contribution is 6.38. The average molecular weight is 755 g/mol. The fraction of sp³-hybridized carbons (Fsp3) is 0.732. The van der Waals surface area contributed by atoms with E-state index in [1.54, 1.807) is 0 Å². The van der Waals surface area contributed by atoms with E-state index in [1.807, 2.05) is 61.5 Å². The van der Waals surface area contributed by atoms with E-state index in [9.17, 15) is 33.6 Å². The van der Waals surface area contributed by atoms with Gasteiger partial charge in [-0.05, 0) is 62.2 Å². The number of imide groups is 1. The highest BCUT2D eigenvalue weighted by Crippen LogP contribution is 2.34. The molecule has 3 rings (SSSR count). The van der Waals surface area contributed by atoms with Gasteiger partial charge in [-0.1, -0.05) is 91.4 Å². The molecule has 13 heteroatoms. The molecule has 5 atom stereocenters. The van der Waals surface area contributed by atoms with Crippen LogP contribution in [0, 0.1) is 22.7 Å². The number of carbonyl (C=O) groups excluding carboxylic acids is 7. The summed E-state index contributed by atoms with van der Waals surface area (Å²) in [6, 6.07) is -4.12. The van der Waals surface area contributed by atoms with Gasteiger partial charge < -0.3 is 26.2 Å². The Bertz CT molecular complexity index is 1420. The third kappa shape index (κ3) is 12.5. The fourth-order valence-corrected chi connectivity index (χ4v) is 7.81. The maximum absolute atomic E-state index is 14.7. The van der Waals surface area contributed by atoms with Gasteiger partial charge in [0.25, 0.3) is 5.91 Å². The molecule has 3 fully saturated rings. The van der Waals surface area contributed by atoms with Crippen LogP contribution in [0.25, 0.3) is 0 Å². The van der Waals surface area contributed by atoms with Crippen LogP contribution in [0.1, 0.15) is 126 Å². The number of likely N-dealkylation sites (tertiary alicyclic amines) is 2. The first-order valence-corrected chi connectivity index (χ1v) is 19.9. The summed E-state index contributed by atoms with van der Waals surface area (Å²) in [6.45, 7) is 19.3. The van der Waals surface area contributed by atoms with Crippen LogP contribution in [0.15, 0.2) is 24.3 Å². The number of piperidine rings is 1. The smallest absolute Gasteiger partial charge is 0.315 e. The van der Waals surface area contributed by atoms with E-state index in [2.05, 4.69) is 27.8 Å². The quantitative estimate of drug-likeness (QED) is 0.102. The lowest BCUT2D eigenvalue weighted by molar-refractivity contribution is -0.153. The Morgan fingerprint density at radius 2 is 1.59 bits per heavy atom. The van der Waals surface area contributed by atoms with Crippen molar-refractivity contribution >= 4 is 41.4 Å². The van der Waals surface area contributed by atoms with Crippen LogP contribution in [0.4, 0.5) is 4.79 Å². The van der Waals surface area contributed by atoms with Gasteiger partial charge >= 0.3 is 6.03 Å². The predicted octanol–water partition coefficient (Wildman–Crippen LogP) is 4.55. The molecule has 2 aliphatic heterocycles. The maximum atomic E-state index is 14.7. The van der Waals surface area contributed by atoms with Crippen LogP contribution in [0.5, 0.6) is 0 Å². The lowest BCUT2D eigenvalue weighted by Gasteiger charge is -2.40. The topological polar surface area (TPSA) is 174 Å². The van der Waals surface area contributed by atoms with Crippen molar-refractivity contribution in [2.24, 2.45) is 22.7 Å². The van der Waals surface area contributed by atoms with Gasteiger partial charge in [-0.2, -0.15) is 0 Å². The van der Waals surface area contributed by atoms with Crippen molar-refractivity contribution in [3.8, 4) is 0 Å². The molecule has 0 radical (unpaired) electrons. The van der Waals surface area contributed by atoms with E-state index < -0.39 is 58.6 Å². The molecule has 0 aromatic rings. The van der Waals surface area contributed by atoms with Crippen molar-refractivity contribution in [1.82, 2.24) is 31.1 Å². The number of Topliss-reactive ketones (excluding diaryl/α,β-unsaturated/α-hetero) is 1. The van der Waals surface area contributed by atoms with Gasteiger partial charge in [0, 0.05) is 32.5 Å². The molecule has 4 N–H and O–H groups in total. The van der Waals surface area contributed by atoms with Crippen molar-refractivity contribution in [3.63, 3.8) is 0 Å². The highest BCUT2D eigenvalue weighted by atomic mass is 16.2. The number of amides is 7. The largest absolute Gasteiger partial charge is 0.346 e.